The number of hydrogen-bond donors (Lipinski definition) is 4. The highest BCUT2D eigenvalue weighted by Gasteiger charge is 2.49. The summed E-state index contributed by atoms with van der Waals surface area (Å²) in [5, 5.41) is 41.6. The SMILES string of the molecule is CSc1cccc(CC(O)C(=O)[C@](O)(SC)C(=O)[C@H](O)C(O)Cc2ccccc2)c1. The maximum absolute atomic E-state index is 12.7. The summed E-state index contributed by atoms with van der Waals surface area (Å²) in [4.78, 5) is 23.7. The van der Waals surface area contributed by atoms with Crippen molar-refractivity contribution in [3.63, 3.8) is 0 Å². The largest absolute Gasteiger partial charge is 0.390 e. The molecule has 0 bridgehead atoms. The third kappa shape index (κ3) is 5.94. The number of carbonyl (C=O) groups excluding carboxylic acids is 2. The molecule has 0 aliphatic heterocycles. The quantitative estimate of drug-likeness (QED) is 0.231. The van der Waals surface area contributed by atoms with Crippen molar-refractivity contribution in [1.29, 1.82) is 0 Å². The minimum Gasteiger partial charge on any atom is -0.390 e. The Morgan fingerprint density at radius 1 is 0.900 bits per heavy atom. The number of aliphatic hydroxyl groups is 4. The second kappa shape index (κ2) is 11.1. The van der Waals surface area contributed by atoms with E-state index >= 15 is 0 Å². The molecule has 0 fully saturated rings. The van der Waals surface area contributed by atoms with Gasteiger partial charge in [0.15, 0.2) is 0 Å². The lowest BCUT2D eigenvalue weighted by atomic mass is 9.93. The van der Waals surface area contributed by atoms with Crippen molar-refractivity contribution in [2.24, 2.45) is 0 Å². The highest BCUT2D eigenvalue weighted by atomic mass is 32.2. The van der Waals surface area contributed by atoms with Crippen LogP contribution in [0.4, 0.5) is 0 Å². The highest BCUT2D eigenvalue weighted by molar-refractivity contribution is 8.01. The zero-order valence-electron chi connectivity index (χ0n) is 16.8. The summed E-state index contributed by atoms with van der Waals surface area (Å²) < 4.78 is 0. The number of hydrogen-bond acceptors (Lipinski definition) is 8. The van der Waals surface area contributed by atoms with E-state index < -0.39 is 34.8 Å². The second-order valence-electron chi connectivity index (χ2n) is 6.85. The maximum atomic E-state index is 12.7. The molecule has 0 aromatic heterocycles. The first kappa shape index (κ1) is 24.6. The van der Waals surface area contributed by atoms with Gasteiger partial charge in [0.25, 0.3) is 0 Å². The average molecular weight is 451 g/mol. The normalized spacial score (nSPS) is 16.3. The van der Waals surface area contributed by atoms with E-state index in [0.29, 0.717) is 22.9 Å². The van der Waals surface area contributed by atoms with E-state index in [1.165, 1.54) is 18.0 Å². The van der Waals surface area contributed by atoms with Crippen LogP contribution in [0.25, 0.3) is 0 Å². The number of thioether (sulfide) groups is 2. The molecule has 0 saturated heterocycles. The summed E-state index contributed by atoms with van der Waals surface area (Å²) in [5.74, 6) is -2.37. The molecule has 0 radical (unpaired) electrons. The van der Waals surface area contributed by atoms with Gasteiger partial charge in [-0.3, -0.25) is 9.59 Å². The highest BCUT2D eigenvalue weighted by Crippen LogP contribution is 2.28. The van der Waals surface area contributed by atoms with Gasteiger partial charge in [-0.15, -0.1) is 23.5 Å². The summed E-state index contributed by atoms with van der Waals surface area (Å²) >= 11 is 2.01. The minimum absolute atomic E-state index is 0.0313. The van der Waals surface area contributed by atoms with Gasteiger partial charge in [-0.25, -0.2) is 0 Å². The Hall–Kier alpha value is -1.68. The Labute approximate surface area is 184 Å². The van der Waals surface area contributed by atoms with Crippen LogP contribution in [0.2, 0.25) is 0 Å². The number of aliphatic hydroxyl groups excluding tert-OH is 3. The van der Waals surface area contributed by atoms with Crippen LogP contribution in [-0.2, 0) is 22.4 Å². The Morgan fingerprint density at radius 3 is 2.13 bits per heavy atom. The molecular weight excluding hydrogens is 424 g/mol. The zero-order valence-corrected chi connectivity index (χ0v) is 18.4. The molecule has 2 rings (SSSR count). The van der Waals surface area contributed by atoms with Crippen LogP contribution >= 0.6 is 23.5 Å². The van der Waals surface area contributed by atoms with E-state index in [1.54, 1.807) is 48.5 Å². The Morgan fingerprint density at radius 2 is 1.53 bits per heavy atom. The fraction of sp³-hybridized carbons (Fsp3) is 0.364. The standard InChI is InChI=1S/C22H26O6S2/c1-29-16-10-6-9-15(11-16)13-18(24)20(26)22(28,30-2)21(27)19(25)17(23)12-14-7-4-3-5-8-14/h3-11,17-19,23-25,28H,12-13H2,1-2H3/t17?,18?,19-,22+/m1/s1. The summed E-state index contributed by atoms with van der Waals surface area (Å²) in [6.07, 6.45) is -2.05. The number of Topliss-reactive ketones (excluding diaryl/α,β-unsaturated/α-hetero) is 2. The second-order valence-corrected chi connectivity index (χ2v) is 8.73. The summed E-state index contributed by atoms with van der Waals surface area (Å²) in [5.41, 5.74) is 1.35. The monoisotopic (exact) mass is 450 g/mol. The Balaban J connectivity index is 2.12. The van der Waals surface area contributed by atoms with Crippen LogP contribution in [0.15, 0.2) is 59.5 Å². The molecule has 6 nitrogen and oxygen atoms in total. The van der Waals surface area contributed by atoms with Gasteiger partial charge in [-0.2, -0.15) is 0 Å². The minimum atomic E-state index is -2.67. The van der Waals surface area contributed by atoms with Gasteiger partial charge in [0.2, 0.25) is 16.5 Å². The number of ketones is 2. The third-order valence-corrected chi connectivity index (χ3v) is 6.47. The molecule has 162 valence electrons. The van der Waals surface area contributed by atoms with Gasteiger partial charge in [-0.1, -0.05) is 42.5 Å². The molecule has 0 heterocycles. The molecule has 0 aliphatic carbocycles. The smallest absolute Gasteiger partial charge is 0.234 e. The van der Waals surface area contributed by atoms with Gasteiger partial charge in [0.1, 0.15) is 12.2 Å². The van der Waals surface area contributed by atoms with Crippen LogP contribution in [0.5, 0.6) is 0 Å². The number of carbonyl (C=O) groups is 2. The van der Waals surface area contributed by atoms with Gasteiger partial charge in [0, 0.05) is 17.7 Å². The van der Waals surface area contributed by atoms with Crippen molar-refractivity contribution in [3.05, 3.63) is 65.7 Å². The van der Waals surface area contributed by atoms with Crippen LogP contribution in [0.1, 0.15) is 11.1 Å². The molecule has 30 heavy (non-hydrogen) atoms. The summed E-state index contributed by atoms with van der Waals surface area (Å²) in [6, 6.07) is 15.9. The van der Waals surface area contributed by atoms with Crippen molar-refractivity contribution < 1.29 is 30.0 Å². The molecule has 2 aromatic carbocycles. The van der Waals surface area contributed by atoms with Crippen molar-refractivity contribution in [3.8, 4) is 0 Å². The van der Waals surface area contributed by atoms with Crippen LogP contribution < -0.4 is 0 Å². The predicted octanol–water partition coefficient (Wildman–Crippen LogP) is 1.47. The summed E-state index contributed by atoms with van der Waals surface area (Å²) in [7, 11) is 0. The molecular formula is C22H26O6S2. The van der Waals surface area contributed by atoms with E-state index in [1.807, 2.05) is 12.3 Å². The first-order valence-corrected chi connectivity index (χ1v) is 11.7. The van der Waals surface area contributed by atoms with Crippen molar-refractivity contribution >= 4 is 35.1 Å². The van der Waals surface area contributed by atoms with E-state index in [4.69, 9.17) is 0 Å². The topological polar surface area (TPSA) is 115 Å². The van der Waals surface area contributed by atoms with E-state index in [2.05, 4.69) is 0 Å². The van der Waals surface area contributed by atoms with Gasteiger partial charge >= 0.3 is 0 Å². The maximum Gasteiger partial charge on any atom is 0.234 e. The van der Waals surface area contributed by atoms with Crippen molar-refractivity contribution in [1.82, 2.24) is 0 Å². The van der Waals surface area contributed by atoms with Crippen molar-refractivity contribution in [2.75, 3.05) is 12.5 Å². The van der Waals surface area contributed by atoms with Crippen molar-refractivity contribution in [2.45, 2.75) is 41.0 Å². The van der Waals surface area contributed by atoms with Gasteiger partial charge < -0.3 is 20.4 Å². The van der Waals surface area contributed by atoms with Crippen LogP contribution in [0, 0.1) is 0 Å². The van der Waals surface area contributed by atoms with E-state index in [9.17, 15) is 30.0 Å². The van der Waals surface area contributed by atoms with Gasteiger partial charge in [0.05, 0.1) is 6.10 Å². The fourth-order valence-electron chi connectivity index (χ4n) is 3.01. The molecule has 0 saturated carbocycles. The first-order chi connectivity index (χ1) is 14.2. The Bertz CT molecular complexity index is 860. The molecule has 2 aromatic rings. The average Bonchev–Trinajstić information content (AvgIpc) is 2.77. The molecule has 8 heteroatoms. The lowest BCUT2D eigenvalue weighted by molar-refractivity contribution is -0.154. The third-order valence-electron chi connectivity index (χ3n) is 4.75. The lowest BCUT2D eigenvalue weighted by Crippen LogP contribution is -2.55. The molecule has 4 atom stereocenters. The lowest BCUT2D eigenvalue weighted by Gasteiger charge is -2.29. The molecule has 2 unspecified atom stereocenters. The fourth-order valence-corrected chi connectivity index (χ4v) is 4.15. The molecule has 0 spiro atoms. The van der Waals surface area contributed by atoms with Crippen LogP contribution in [0.3, 0.4) is 0 Å². The van der Waals surface area contributed by atoms with E-state index in [-0.39, 0.29) is 12.8 Å². The molecule has 0 aliphatic rings. The molecule has 4 N–H and O–H groups in total. The molecule has 0 amide bonds. The summed E-state index contributed by atoms with van der Waals surface area (Å²) in [6.45, 7) is 0. The van der Waals surface area contributed by atoms with E-state index in [0.717, 1.165) is 4.90 Å². The first-order valence-electron chi connectivity index (χ1n) is 9.30. The Kier molecular flexibility index (Phi) is 9.09. The zero-order chi connectivity index (χ0) is 22.3. The predicted molar refractivity (Wildman–Crippen MR) is 119 cm³/mol. The van der Waals surface area contributed by atoms with Gasteiger partial charge in [-0.05, 0) is 35.8 Å². The number of rotatable bonds is 11. The van der Waals surface area contributed by atoms with Crippen LogP contribution in [-0.4, -0.2) is 67.7 Å². The number of benzene rings is 2.